The average molecular weight is 132 g/mol. The fraction of sp³-hybridized carbons (Fsp3) is 1.00. The molecule has 8 heavy (non-hydrogen) atoms. The topological polar surface area (TPSA) is 38.0 Å². The van der Waals surface area contributed by atoms with Gasteiger partial charge in [-0.25, -0.2) is 0 Å². The van der Waals surface area contributed by atoms with Gasteiger partial charge < -0.3 is 11.1 Å². The summed E-state index contributed by atoms with van der Waals surface area (Å²) >= 11 is 1.99. The van der Waals surface area contributed by atoms with E-state index >= 15 is 0 Å². The summed E-state index contributed by atoms with van der Waals surface area (Å²) in [4.78, 5) is 0. The highest BCUT2D eigenvalue weighted by atomic mass is 32.2. The molecule has 0 radical (unpaired) electrons. The van der Waals surface area contributed by atoms with E-state index in [2.05, 4.69) is 5.32 Å². The Kier molecular flexibility index (Phi) is 2.66. The highest BCUT2D eigenvalue weighted by Crippen LogP contribution is 2.16. The number of hydrogen-bond acceptors (Lipinski definition) is 3. The standard InChI is InChI=1S/C5H12N2S/c6-1-2-7-5-3-8-4-5/h5,7H,1-4,6H2. The molecule has 0 bridgehead atoms. The Bertz CT molecular complexity index is 63.4. The third kappa shape index (κ3) is 1.65. The van der Waals surface area contributed by atoms with Gasteiger partial charge in [0.1, 0.15) is 0 Å². The van der Waals surface area contributed by atoms with E-state index in [1.165, 1.54) is 11.5 Å². The van der Waals surface area contributed by atoms with Crippen molar-refractivity contribution in [3.8, 4) is 0 Å². The minimum atomic E-state index is 0.765. The lowest BCUT2D eigenvalue weighted by Crippen LogP contribution is -2.42. The van der Waals surface area contributed by atoms with Crippen LogP contribution >= 0.6 is 11.8 Å². The molecule has 0 aromatic rings. The monoisotopic (exact) mass is 132 g/mol. The quantitative estimate of drug-likeness (QED) is 0.551. The van der Waals surface area contributed by atoms with Crippen LogP contribution in [0.5, 0.6) is 0 Å². The van der Waals surface area contributed by atoms with Crippen molar-refractivity contribution < 1.29 is 0 Å². The Morgan fingerprint density at radius 1 is 1.62 bits per heavy atom. The zero-order valence-electron chi connectivity index (χ0n) is 4.89. The highest BCUT2D eigenvalue weighted by molar-refractivity contribution is 8.00. The lowest BCUT2D eigenvalue weighted by Gasteiger charge is -2.25. The average Bonchev–Trinajstić information content (AvgIpc) is 1.63. The van der Waals surface area contributed by atoms with Gasteiger partial charge in [0, 0.05) is 30.6 Å². The Morgan fingerprint density at radius 2 is 2.38 bits per heavy atom. The van der Waals surface area contributed by atoms with Crippen LogP contribution in [0.4, 0.5) is 0 Å². The molecule has 1 aliphatic rings. The Labute approximate surface area is 54.2 Å². The third-order valence-electron chi connectivity index (χ3n) is 1.22. The first-order valence-corrected chi connectivity index (χ1v) is 4.10. The van der Waals surface area contributed by atoms with Crippen molar-refractivity contribution >= 4 is 11.8 Å². The van der Waals surface area contributed by atoms with E-state index in [-0.39, 0.29) is 0 Å². The number of nitrogens with two attached hydrogens (primary N) is 1. The molecule has 1 aliphatic heterocycles. The summed E-state index contributed by atoms with van der Waals surface area (Å²) in [6, 6.07) is 0.767. The van der Waals surface area contributed by atoms with Gasteiger partial charge in [0.05, 0.1) is 0 Å². The summed E-state index contributed by atoms with van der Waals surface area (Å²) in [5.74, 6) is 2.56. The highest BCUT2D eigenvalue weighted by Gasteiger charge is 2.15. The molecule has 0 atom stereocenters. The van der Waals surface area contributed by atoms with Gasteiger partial charge in [0.25, 0.3) is 0 Å². The fourth-order valence-electron chi connectivity index (χ4n) is 0.641. The molecule has 1 heterocycles. The first kappa shape index (κ1) is 6.39. The molecule has 0 saturated carbocycles. The predicted octanol–water partition coefficient (Wildman–Crippen LogP) is -0.350. The largest absolute Gasteiger partial charge is 0.329 e. The van der Waals surface area contributed by atoms with Gasteiger partial charge in [-0.15, -0.1) is 0 Å². The number of hydrogen-bond donors (Lipinski definition) is 2. The minimum absolute atomic E-state index is 0.765. The SMILES string of the molecule is NCCNC1CSC1. The van der Waals surface area contributed by atoms with E-state index in [0.717, 1.165) is 19.1 Å². The van der Waals surface area contributed by atoms with E-state index in [9.17, 15) is 0 Å². The van der Waals surface area contributed by atoms with Gasteiger partial charge >= 0.3 is 0 Å². The van der Waals surface area contributed by atoms with Crippen molar-refractivity contribution in [2.75, 3.05) is 24.6 Å². The van der Waals surface area contributed by atoms with Crippen LogP contribution in [0, 0.1) is 0 Å². The van der Waals surface area contributed by atoms with Crippen LogP contribution in [0.25, 0.3) is 0 Å². The summed E-state index contributed by atoms with van der Waals surface area (Å²) in [6.07, 6.45) is 0. The van der Waals surface area contributed by atoms with Crippen LogP contribution in [0.2, 0.25) is 0 Å². The molecular formula is C5H12N2S. The third-order valence-corrected chi connectivity index (χ3v) is 2.49. The molecule has 1 saturated heterocycles. The molecule has 3 heteroatoms. The van der Waals surface area contributed by atoms with Gasteiger partial charge in [-0.05, 0) is 0 Å². The van der Waals surface area contributed by atoms with Crippen LogP contribution in [-0.2, 0) is 0 Å². The smallest absolute Gasteiger partial charge is 0.0249 e. The van der Waals surface area contributed by atoms with Crippen LogP contribution < -0.4 is 11.1 Å². The molecule has 0 amide bonds. The van der Waals surface area contributed by atoms with Gasteiger partial charge in [-0.3, -0.25) is 0 Å². The van der Waals surface area contributed by atoms with Crippen molar-refractivity contribution in [2.24, 2.45) is 5.73 Å². The molecule has 0 spiro atoms. The number of nitrogens with one attached hydrogen (secondary N) is 1. The number of thioether (sulfide) groups is 1. The van der Waals surface area contributed by atoms with Gasteiger partial charge in [0.15, 0.2) is 0 Å². The van der Waals surface area contributed by atoms with Crippen LogP contribution in [-0.4, -0.2) is 30.6 Å². The Morgan fingerprint density at radius 3 is 2.75 bits per heavy atom. The molecule has 0 aromatic carbocycles. The second-order valence-electron chi connectivity index (χ2n) is 1.98. The van der Waals surface area contributed by atoms with Crippen LogP contribution in [0.15, 0.2) is 0 Å². The van der Waals surface area contributed by atoms with E-state index < -0.39 is 0 Å². The normalized spacial score (nSPS) is 20.6. The lowest BCUT2D eigenvalue weighted by molar-refractivity contribution is 0.590. The zero-order chi connectivity index (χ0) is 5.82. The molecule has 3 N–H and O–H groups in total. The molecule has 0 aromatic heterocycles. The molecule has 0 aliphatic carbocycles. The van der Waals surface area contributed by atoms with E-state index in [1.54, 1.807) is 0 Å². The fourth-order valence-corrected chi connectivity index (χ4v) is 1.35. The summed E-state index contributed by atoms with van der Waals surface area (Å²) in [5.41, 5.74) is 5.29. The van der Waals surface area contributed by atoms with Crippen molar-refractivity contribution in [1.29, 1.82) is 0 Å². The number of rotatable bonds is 3. The molecule has 1 fully saturated rings. The summed E-state index contributed by atoms with van der Waals surface area (Å²) in [5, 5.41) is 3.32. The van der Waals surface area contributed by atoms with Crippen LogP contribution in [0.1, 0.15) is 0 Å². The summed E-state index contributed by atoms with van der Waals surface area (Å²) in [7, 11) is 0. The van der Waals surface area contributed by atoms with Crippen molar-refractivity contribution in [2.45, 2.75) is 6.04 Å². The summed E-state index contributed by atoms with van der Waals surface area (Å²) in [6.45, 7) is 1.74. The van der Waals surface area contributed by atoms with Crippen LogP contribution in [0.3, 0.4) is 0 Å². The second-order valence-corrected chi connectivity index (χ2v) is 3.05. The molecule has 48 valence electrons. The van der Waals surface area contributed by atoms with Gasteiger partial charge in [0.2, 0.25) is 0 Å². The van der Waals surface area contributed by atoms with Gasteiger partial charge in [-0.2, -0.15) is 11.8 Å². The Hall–Kier alpha value is 0.270. The predicted molar refractivity (Wildman–Crippen MR) is 38.2 cm³/mol. The molecular weight excluding hydrogens is 120 g/mol. The van der Waals surface area contributed by atoms with Crippen molar-refractivity contribution in [3.05, 3.63) is 0 Å². The maximum atomic E-state index is 5.29. The van der Waals surface area contributed by atoms with E-state index in [1.807, 2.05) is 11.8 Å². The molecule has 0 unspecified atom stereocenters. The zero-order valence-corrected chi connectivity index (χ0v) is 5.71. The van der Waals surface area contributed by atoms with E-state index in [4.69, 9.17) is 5.73 Å². The first-order chi connectivity index (χ1) is 3.93. The molecule has 1 rings (SSSR count). The minimum Gasteiger partial charge on any atom is -0.329 e. The maximum absolute atomic E-state index is 5.29. The van der Waals surface area contributed by atoms with Gasteiger partial charge in [-0.1, -0.05) is 0 Å². The van der Waals surface area contributed by atoms with Crippen molar-refractivity contribution in [3.63, 3.8) is 0 Å². The molecule has 2 nitrogen and oxygen atoms in total. The first-order valence-electron chi connectivity index (χ1n) is 2.94. The van der Waals surface area contributed by atoms with E-state index in [0.29, 0.717) is 0 Å². The summed E-state index contributed by atoms with van der Waals surface area (Å²) < 4.78 is 0. The Balaban J connectivity index is 1.86. The second kappa shape index (κ2) is 3.33. The van der Waals surface area contributed by atoms with Crippen molar-refractivity contribution in [1.82, 2.24) is 5.32 Å². The maximum Gasteiger partial charge on any atom is 0.0249 e. The lowest BCUT2D eigenvalue weighted by atomic mass is 10.4.